The van der Waals surface area contributed by atoms with Crippen LogP contribution >= 0.6 is 0 Å². The number of hydrogen-bond acceptors (Lipinski definition) is 1. The van der Waals surface area contributed by atoms with Crippen LogP contribution in [0.2, 0.25) is 0 Å². The van der Waals surface area contributed by atoms with Gasteiger partial charge in [0.15, 0.2) is 0 Å². The molecule has 96 valence electrons. The van der Waals surface area contributed by atoms with E-state index in [0.29, 0.717) is 5.56 Å². The number of hydrogen-bond donors (Lipinski definition) is 0. The maximum atomic E-state index is 8.79. The van der Waals surface area contributed by atoms with Gasteiger partial charge in [-0.1, -0.05) is 50.2 Å². The summed E-state index contributed by atoms with van der Waals surface area (Å²) in [6.07, 6.45) is 2.38. The van der Waals surface area contributed by atoms with Crippen molar-refractivity contribution in [2.45, 2.75) is 26.7 Å². The van der Waals surface area contributed by atoms with Crippen LogP contribution in [0.3, 0.4) is 0 Å². The van der Waals surface area contributed by atoms with Crippen molar-refractivity contribution in [3.05, 3.63) is 59.7 Å². The molecule has 0 fully saturated rings. The van der Waals surface area contributed by atoms with Crippen molar-refractivity contribution in [3.63, 3.8) is 0 Å². The predicted octanol–water partition coefficient (Wildman–Crippen LogP) is 4.81. The smallest absolute Gasteiger partial charge is 0.0991 e. The zero-order valence-electron chi connectivity index (χ0n) is 11.6. The van der Waals surface area contributed by atoms with E-state index < -0.39 is 0 Å². The van der Waals surface area contributed by atoms with E-state index in [9.17, 15) is 0 Å². The minimum atomic E-state index is 0.706. The van der Waals surface area contributed by atoms with E-state index in [2.05, 4.69) is 44.2 Å². The second-order valence-electron chi connectivity index (χ2n) is 5.32. The van der Waals surface area contributed by atoms with Crippen molar-refractivity contribution in [3.8, 4) is 17.2 Å². The lowest BCUT2D eigenvalue weighted by Crippen LogP contribution is -1.91. The Bertz CT molecular complexity index is 556. The van der Waals surface area contributed by atoms with Gasteiger partial charge in [-0.15, -0.1) is 0 Å². The van der Waals surface area contributed by atoms with Gasteiger partial charge in [0.05, 0.1) is 11.6 Å². The summed E-state index contributed by atoms with van der Waals surface area (Å²) in [5, 5.41) is 8.79. The molecule has 0 unspecified atom stereocenters. The molecule has 2 aromatic rings. The molecule has 0 atom stereocenters. The average Bonchev–Trinajstić information content (AvgIpc) is 2.46. The number of rotatable bonds is 4. The van der Waals surface area contributed by atoms with Crippen molar-refractivity contribution >= 4 is 0 Å². The topological polar surface area (TPSA) is 23.8 Å². The highest BCUT2D eigenvalue weighted by Crippen LogP contribution is 2.21. The molecule has 19 heavy (non-hydrogen) atoms. The van der Waals surface area contributed by atoms with Crippen molar-refractivity contribution in [2.24, 2.45) is 5.92 Å². The molecule has 0 aliphatic rings. The Kier molecular flexibility index (Phi) is 4.36. The molecule has 0 N–H and O–H groups in total. The summed E-state index contributed by atoms with van der Waals surface area (Å²) < 4.78 is 0. The first-order chi connectivity index (χ1) is 9.19. The fraction of sp³-hybridized carbons (Fsp3) is 0.278. The Hall–Kier alpha value is -2.07. The first-order valence-corrected chi connectivity index (χ1v) is 6.78. The zero-order chi connectivity index (χ0) is 13.7. The third-order valence-electron chi connectivity index (χ3n) is 3.31. The summed E-state index contributed by atoms with van der Waals surface area (Å²) in [6.45, 7) is 4.51. The molecule has 0 heterocycles. The minimum absolute atomic E-state index is 0.706. The fourth-order valence-electron chi connectivity index (χ4n) is 2.06. The van der Waals surface area contributed by atoms with E-state index in [4.69, 9.17) is 5.26 Å². The SMILES string of the molecule is CC(C)CCc1ccc(-c2ccc(C#N)cc2)cc1. The number of benzene rings is 2. The minimum Gasteiger partial charge on any atom is -0.192 e. The highest BCUT2D eigenvalue weighted by molar-refractivity contribution is 5.64. The van der Waals surface area contributed by atoms with Gasteiger partial charge in [0.1, 0.15) is 0 Å². The molecular formula is C18H19N. The van der Waals surface area contributed by atoms with Gasteiger partial charge < -0.3 is 0 Å². The zero-order valence-corrected chi connectivity index (χ0v) is 11.6. The lowest BCUT2D eigenvalue weighted by molar-refractivity contribution is 0.587. The highest BCUT2D eigenvalue weighted by Gasteiger charge is 2.00. The maximum absolute atomic E-state index is 8.79. The normalized spacial score (nSPS) is 10.4. The Labute approximate surface area is 115 Å². The quantitative estimate of drug-likeness (QED) is 0.762. The fourth-order valence-corrected chi connectivity index (χ4v) is 2.06. The molecule has 0 saturated heterocycles. The third kappa shape index (κ3) is 3.69. The van der Waals surface area contributed by atoms with Gasteiger partial charge in [-0.2, -0.15) is 5.26 Å². The Morgan fingerprint density at radius 3 is 1.89 bits per heavy atom. The second kappa shape index (κ2) is 6.20. The molecule has 0 radical (unpaired) electrons. The molecule has 0 aliphatic heterocycles. The van der Waals surface area contributed by atoms with Crippen LogP contribution in [0.15, 0.2) is 48.5 Å². The molecule has 2 aromatic carbocycles. The van der Waals surface area contributed by atoms with Crippen molar-refractivity contribution in [2.75, 3.05) is 0 Å². The molecule has 0 bridgehead atoms. The van der Waals surface area contributed by atoms with Gasteiger partial charge in [0, 0.05) is 0 Å². The molecule has 0 amide bonds. The first kappa shape index (κ1) is 13.4. The largest absolute Gasteiger partial charge is 0.192 e. The number of aryl methyl sites for hydroxylation is 1. The van der Waals surface area contributed by atoms with Gasteiger partial charge in [-0.05, 0) is 47.6 Å². The molecule has 1 nitrogen and oxygen atoms in total. The first-order valence-electron chi connectivity index (χ1n) is 6.78. The number of nitrogens with zero attached hydrogens (tertiary/aromatic N) is 1. The van der Waals surface area contributed by atoms with Crippen LogP contribution in [0.5, 0.6) is 0 Å². The van der Waals surface area contributed by atoms with Crippen molar-refractivity contribution in [1.82, 2.24) is 0 Å². The van der Waals surface area contributed by atoms with E-state index in [1.807, 2.05) is 24.3 Å². The lowest BCUT2D eigenvalue weighted by atomic mass is 9.99. The molecule has 0 saturated carbocycles. The maximum Gasteiger partial charge on any atom is 0.0991 e. The second-order valence-corrected chi connectivity index (χ2v) is 5.32. The lowest BCUT2D eigenvalue weighted by Gasteiger charge is -2.06. The molecule has 2 rings (SSSR count). The van der Waals surface area contributed by atoms with Crippen LogP contribution in [-0.2, 0) is 6.42 Å². The van der Waals surface area contributed by atoms with E-state index >= 15 is 0 Å². The Balaban J connectivity index is 2.11. The molecule has 0 aliphatic carbocycles. The number of nitriles is 1. The van der Waals surface area contributed by atoms with Crippen LogP contribution in [0.25, 0.3) is 11.1 Å². The summed E-state index contributed by atoms with van der Waals surface area (Å²) in [5.41, 5.74) is 4.47. The van der Waals surface area contributed by atoms with Crippen LogP contribution in [0.1, 0.15) is 31.4 Å². The van der Waals surface area contributed by atoms with Crippen LogP contribution in [0.4, 0.5) is 0 Å². The van der Waals surface area contributed by atoms with Crippen LogP contribution in [-0.4, -0.2) is 0 Å². The summed E-state index contributed by atoms with van der Waals surface area (Å²) in [7, 11) is 0. The van der Waals surface area contributed by atoms with Crippen LogP contribution in [0, 0.1) is 17.2 Å². The van der Waals surface area contributed by atoms with Gasteiger partial charge >= 0.3 is 0 Å². The van der Waals surface area contributed by atoms with Gasteiger partial charge in [0.2, 0.25) is 0 Å². The van der Waals surface area contributed by atoms with Crippen LogP contribution < -0.4 is 0 Å². The monoisotopic (exact) mass is 249 g/mol. The standard InChI is InChI=1S/C18H19N/c1-14(2)3-4-15-5-9-17(10-6-15)18-11-7-16(13-19)8-12-18/h5-12,14H,3-4H2,1-2H3. The Morgan fingerprint density at radius 1 is 0.895 bits per heavy atom. The van der Waals surface area contributed by atoms with E-state index in [1.165, 1.54) is 17.5 Å². The molecular weight excluding hydrogens is 230 g/mol. The third-order valence-corrected chi connectivity index (χ3v) is 3.31. The van der Waals surface area contributed by atoms with Crippen molar-refractivity contribution < 1.29 is 0 Å². The van der Waals surface area contributed by atoms with Gasteiger partial charge in [0.25, 0.3) is 0 Å². The van der Waals surface area contributed by atoms with E-state index in [0.717, 1.165) is 17.9 Å². The Morgan fingerprint density at radius 2 is 1.42 bits per heavy atom. The predicted molar refractivity (Wildman–Crippen MR) is 79.8 cm³/mol. The molecule has 0 aromatic heterocycles. The highest BCUT2D eigenvalue weighted by atomic mass is 14.2. The van der Waals surface area contributed by atoms with Gasteiger partial charge in [-0.25, -0.2) is 0 Å². The van der Waals surface area contributed by atoms with E-state index in [-0.39, 0.29) is 0 Å². The van der Waals surface area contributed by atoms with Crippen molar-refractivity contribution in [1.29, 1.82) is 5.26 Å². The summed E-state index contributed by atoms with van der Waals surface area (Å²) >= 11 is 0. The van der Waals surface area contributed by atoms with E-state index in [1.54, 1.807) is 0 Å². The summed E-state index contributed by atoms with van der Waals surface area (Å²) in [5.74, 6) is 0.748. The summed E-state index contributed by atoms with van der Waals surface area (Å²) in [4.78, 5) is 0. The van der Waals surface area contributed by atoms with Gasteiger partial charge in [-0.3, -0.25) is 0 Å². The average molecular weight is 249 g/mol. The summed E-state index contributed by atoms with van der Waals surface area (Å²) in [6, 6.07) is 18.6. The molecule has 1 heteroatoms. The molecule has 0 spiro atoms.